The molecule has 1 rings (SSSR count). The largest absolute Gasteiger partial charge is 0.310 e. The van der Waals surface area contributed by atoms with Gasteiger partial charge in [-0.3, -0.25) is 0 Å². The Balaban J connectivity index is 2.91. The fraction of sp³-hybridized carbons (Fsp3) is 0.571. The molecule has 0 bridgehead atoms. The summed E-state index contributed by atoms with van der Waals surface area (Å²) in [6.07, 6.45) is 2.88. The third-order valence-electron chi connectivity index (χ3n) is 3.03. The average molecular weight is 316 g/mol. The van der Waals surface area contributed by atoms with Gasteiger partial charge >= 0.3 is 0 Å². The van der Waals surface area contributed by atoms with E-state index >= 15 is 0 Å². The van der Waals surface area contributed by atoms with Crippen LogP contribution in [0.15, 0.2) is 29.2 Å². The van der Waals surface area contributed by atoms with Gasteiger partial charge in [0.25, 0.3) is 0 Å². The fourth-order valence-corrected chi connectivity index (χ4v) is 3.53. The third-order valence-corrected chi connectivity index (χ3v) is 5.10. The van der Waals surface area contributed by atoms with Gasteiger partial charge in [0.05, 0.1) is 4.90 Å². The van der Waals surface area contributed by atoms with Crippen LogP contribution in [-0.2, 0) is 10.0 Å². The zero-order chi connectivity index (χ0) is 15.0. The van der Waals surface area contributed by atoms with E-state index in [0.717, 1.165) is 24.3 Å². The summed E-state index contributed by atoms with van der Waals surface area (Å²) in [6, 6.07) is 7.37. The van der Waals surface area contributed by atoms with Crippen molar-refractivity contribution in [2.45, 2.75) is 31.2 Å². The van der Waals surface area contributed by atoms with Gasteiger partial charge < -0.3 is 5.32 Å². The highest BCUT2D eigenvalue weighted by molar-refractivity contribution is 7.98. The van der Waals surface area contributed by atoms with Crippen LogP contribution in [-0.4, -0.2) is 33.5 Å². The first-order valence-corrected chi connectivity index (χ1v) is 9.74. The molecule has 0 fully saturated rings. The van der Waals surface area contributed by atoms with Crippen LogP contribution in [0, 0.1) is 0 Å². The van der Waals surface area contributed by atoms with Gasteiger partial charge in [-0.2, -0.15) is 11.8 Å². The monoisotopic (exact) mass is 316 g/mol. The van der Waals surface area contributed by atoms with E-state index < -0.39 is 10.0 Å². The SMILES string of the molecule is CCNC(CC)c1cccc(S(=O)(=O)NCCSC)c1. The van der Waals surface area contributed by atoms with Crippen LogP contribution < -0.4 is 10.0 Å². The summed E-state index contributed by atoms with van der Waals surface area (Å²) in [5.41, 5.74) is 1.02. The molecule has 4 nitrogen and oxygen atoms in total. The van der Waals surface area contributed by atoms with Crippen molar-refractivity contribution in [1.29, 1.82) is 0 Å². The summed E-state index contributed by atoms with van der Waals surface area (Å²) in [6.45, 7) is 5.46. The van der Waals surface area contributed by atoms with Crippen LogP contribution >= 0.6 is 11.8 Å². The maximum absolute atomic E-state index is 12.2. The van der Waals surface area contributed by atoms with Crippen LogP contribution in [0.3, 0.4) is 0 Å². The Morgan fingerprint density at radius 3 is 2.65 bits per heavy atom. The Kier molecular flexibility index (Phi) is 7.58. The van der Waals surface area contributed by atoms with E-state index in [4.69, 9.17) is 0 Å². The van der Waals surface area contributed by atoms with E-state index in [1.54, 1.807) is 30.0 Å². The second-order valence-corrected chi connectivity index (χ2v) is 7.23. The van der Waals surface area contributed by atoms with Crippen molar-refractivity contribution in [2.24, 2.45) is 0 Å². The van der Waals surface area contributed by atoms with Crippen molar-refractivity contribution in [3.63, 3.8) is 0 Å². The zero-order valence-electron chi connectivity index (χ0n) is 12.3. The molecule has 0 aliphatic rings. The molecule has 20 heavy (non-hydrogen) atoms. The molecular formula is C14H24N2O2S2. The highest BCUT2D eigenvalue weighted by Gasteiger charge is 2.15. The van der Waals surface area contributed by atoms with Crippen molar-refractivity contribution in [2.75, 3.05) is 25.1 Å². The lowest BCUT2D eigenvalue weighted by Gasteiger charge is -2.17. The molecule has 6 heteroatoms. The highest BCUT2D eigenvalue weighted by atomic mass is 32.2. The molecule has 0 saturated carbocycles. The summed E-state index contributed by atoms with van der Waals surface area (Å²) in [5, 5.41) is 3.36. The molecule has 0 aromatic heterocycles. The van der Waals surface area contributed by atoms with E-state index in [2.05, 4.69) is 17.0 Å². The predicted octanol–water partition coefficient (Wildman–Crippen LogP) is 2.39. The quantitative estimate of drug-likeness (QED) is 0.687. The molecule has 0 saturated heterocycles. The van der Waals surface area contributed by atoms with Crippen LogP contribution in [0.25, 0.3) is 0 Å². The first-order valence-electron chi connectivity index (χ1n) is 6.87. The first-order chi connectivity index (χ1) is 9.55. The van der Waals surface area contributed by atoms with Crippen LogP contribution in [0.5, 0.6) is 0 Å². The zero-order valence-corrected chi connectivity index (χ0v) is 14.0. The molecular weight excluding hydrogens is 292 g/mol. The Morgan fingerprint density at radius 2 is 2.05 bits per heavy atom. The number of benzene rings is 1. The van der Waals surface area contributed by atoms with Crippen molar-refractivity contribution < 1.29 is 8.42 Å². The number of rotatable bonds is 9. The third kappa shape index (κ3) is 5.09. The van der Waals surface area contributed by atoms with E-state index in [9.17, 15) is 8.42 Å². The highest BCUT2D eigenvalue weighted by Crippen LogP contribution is 2.20. The summed E-state index contributed by atoms with van der Waals surface area (Å²) in [4.78, 5) is 0.340. The second-order valence-electron chi connectivity index (χ2n) is 4.48. The van der Waals surface area contributed by atoms with Gasteiger partial charge in [0, 0.05) is 18.3 Å². The second kappa shape index (κ2) is 8.67. The molecule has 114 valence electrons. The molecule has 0 heterocycles. The molecule has 1 atom stereocenters. The predicted molar refractivity (Wildman–Crippen MR) is 86.7 cm³/mol. The normalized spacial score (nSPS) is 13.3. The number of hydrogen-bond donors (Lipinski definition) is 2. The molecule has 1 aromatic rings. The maximum Gasteiger partial charge on any atom is 0.240 e. The van der Waals surface area contributed by atoms with Crippen molar-refractivity contribution >= 4 is 21.8 Å². The Bertz CT molecular complexity index is 504. The molecule has 0 aliphatic heterocycles. The van der Waals surface area contributed by atoms with Gasteiger partial charge in [0.1, 0.15) is 0 Å². The maximum atomic E-state index is 12.2. The lowest BCUT2D eigenvalue weighted by molar-refractivity contribution is 0.535. The van der Waals surface area contributed by atoms with E-state index in [-0.39, 0.29) is 6.04 Å². The summed E-state index contributed by atoms with van der Waals surface area (Å²) in [5.74, 6) is 0.772. The standard InChI is InChI=1S/C14H24N2O2S2/c1-4-14(15-5-2)12-7-6-8-13(11-12)20(17,18)16-9-10-19-3/h6-8,11,14-16H,4-5,9-10H2,1-3H3. The minimum absolute atomic E-state index is 0.196. The van der Waals surface area contributed by atoms with Gasteiger partial charge in [-0.25, -0.2) is 13.1 Å². The van der Waals surface area contributed by atoms with Crippen molar-refractivity contribution in [3.8, 4) is 0 Å². The molecule has 2 N–H and O–H groups in total. The fourth-order valence-electron chi connectivity index (χ4n) is 2.00. The van der Waals surface area contributed by atoms with Crippen molar-refractivity contribution in [1.82, 2.24) is 10.0 Å². The summed E-state index contributed by atoms with van der Waals surface area (Å²) in [7, 11) is -3.40. The average Bonchev–Trinajstić information content (AvgIpc) is 2.45. The van der Waals surface area contributed by atoms with Gasteiger partial charge in [0.15, 0.2) is 0 Å². The molecule has 0 amide bonds. The Hall–Kier alpha value is -0.560. The summed E-state index contributed by atoms with van der Waals surface area (Å²) < 4.78 is 27.0. The van der Waals surface area contributed by atoms with E-state index in [0.29, 0.717) is 11.4 Å². The molecule has 0 aliphatic carbocycles. The summed E-state index contributed by atoms with van der Waals surface area (Å²) >= 11 is 1.62. The minimum Gasteiger partial charge on any atom is -0.310 e. The van der Waals surface area contributed by atoms with Gasteiger partial charge in [-0.05, 0) is 36.9 Å². The van der Waals surface area contributed by atoms with E-state index in [1.165, 1.54) is 0 Å². The van der Waals surface area contributed by atoms with Gasteiger partial charge in [-0.1, -0.05) is 26.0 Å². The number of thioether (sulfide) groups is 1. The number of nitrogens with one attached hydrogen (secondary N) is 2. The number of sulfonamides is 1. The Labute approximate surface area is 126 Å². The van der Waals surface area contributed by atoms with E-state index in [1.807, 2.05) is 19.2 Å². The lowest BCUT2D eigenvalue weighted by Crippen LogP contribution is -2.26. The molecule has 1 unspecified atom stereocenters. The van der Waals surface area contributed by atoms with Crippen LogP contribution in [0.4, 0.5) is 0 Å². The Morgan fingerprint density at radius 1 is 1.30 bits per heavy atom. The lowest BCUT2D eigenvalue weighted by atomic mass is 10.0. The molecule has 0 spiro atoms. The van der Waals surface area contributed by atoms with Gasteiger partial charge in [-0.15, -0.1) is 0 Å². The van der Waals surface area contributed by atoms with Crippen LogP contribution in [0.2, 0.25) is 0 Å². The van der Waals surface area contributed by atoms with Crippen molar-refractivity contribution in [3.05, 3.63) is 29.8 Å². The van der Waals surface area contributed by atoms with Crippen LogP contribution in [0.1, 0.15) is 31.9 Å². The first kappa shape index (κ1) is 17.5. The topological polar surface area (TPSA) is 58.2 Å². The van der Waals surface area contributed by atoms with Gasteiger partial charge in [0.2, 0.25) is 10.0 Å². The smallest absolute Gasteiger partial charge is 0.240 e. The number of hydrogen-bond acceptors (Lipinski definition) is 4. The molecule has 0 radical (unpaired) electrons. The minimum atomic E-state index is -3.40. The molecule has 1 aromatic carbocycles.